The molecule has 2 amide bonds. The minimum absolute atomic E-state index is 0.0285. The highest BCUT2D eigenvalue weighted by molar-refractivity contribution is 7.92. The van der Waals surface area contributed by atoms with Crippen molar-refractivity contribution in [1.82, 2.24) is 20.9 Å². The van der Waals surface area contributed by atoms with Crippen molar-refractivity contribution < 1.29 is 37.1 Å². The topological polar surface area (TPSA) is 176 Å². The summed E-state index contributed by atoms with van der Waals surface area (Å²) in [5.41, 5.74) is -0.0720. The van der Waals surface area contributed by atoms with Gasteiger partial charge in [0.1, 0.15) is 17.4 Å². The smallest absolute Gasteiger partial charge is 0.238 e. The summed E-state index contributed by atoms with van der Waals surface area (Å²) < 4.78 is 37.4. The van der Waals surface area contributed by atoms with E-state index >= 15 is 0 Å². The van der Waals surface area contributed by atoms with Gasteiger partial charge in [0.2, 0.25) is 21.8 Å². The quantitative estimate of drug-likeness (QED) is 0.151. The molecule has 0 bridgehead atoms. The predicted octanol–water partition coefficient (Wildman–Crippen LogP) is 0.314. The first-order valence-electron chi connectivity index (χ1n) is 16.3. The van der Waals surface area contributed by atoms with Crippen molar-refractivity contribution in [2.45, 2.75) is 82.0 Å². The predicted molar refractivity (Wildman–Crippen MR) is 171 cm³/mol. The van der Waals surface area contributed by atoms with E-state index in [1.807, 2.05) is 11.0 Å². The number of aryl methyl sites for hydroxylation is 1. The molecule has 14 heteroatoms. The van der Waals surface area contributed by atoms with Gasteiger partial charge in [0.05, 0.1) is 49.9 Å². The third-order valence-corrected chi connectivity index (χ3v) is 10.8. The molecule has 4 N–H and O–H groups in total. The van der Waals surface area contributed by atoms with E-state index < -0.39 is 39.2 Å². The Kier molecular flexibility index (Phi) is 10.8. The van der Waals surface area contributed by atoms with E-state index in [1.54, 1.807) is 26.0 Å². The third kappa shape index (κ3) is 9.12. The molecule has 1 aromatic rings. The summed E-state index contributed by atoms with van der Waals surface area (Å²) in [7, 11) is -3.38. The van der Waals surface area contributed by atoms with Crippen molar-refractivity contribution in [3.8, 4) is 0 Å². The number of carbonyl (C=O) groups is 4. The van der Waals surface area contributed by atoms with Crippen LogP contribution in [0, 0.1) is 5.92 Å². The van der Waals surface area contributed by atoms with Gasteiger partial charge in [-0.3, -0.25) is 24.0 Å². The van der Waals surface area contributed by atoms with Gasteiger partial charge in [0.15, 0.2) is 5.78 Å². The SMILES string of the molecule is CC(C=O)(CNC(Cc1ccc2c(c1)CCS(=O)(=O)N2)C(=O)NC(CC1CCCC1)C(=O)C1(C)CO1)NC(=O)CN1CCOCC1. The summed E-state index contributed by atoms with van der Waals surface area (Å²) in [6, 6.07) is 3.76. The van der Waals surface area contributed by atoms with Crippen molar-refractivity contribution in [2.24, 2.45) is 5.92 Å². The second-order valence-corrected chi connectivity index (χ2v) is 15.4. The number of sulfonamides is 1. The van der Waals surface area contributed by atoms with E-state index in [1.165, 1.54) is 0 Å². The fraction of sp³-hybridized carbons (Fsp3) is 0.688. The van der Waals surface area contributed by atoms with Crippen LogP contribution in [-0.4, -0.2) is 112 Å². The van der Waals surface area contributed by atoms with Crippen LogP contribution in [-0.2, 0) is 51.5 Å². The molecule has 1 aromatic carbocycles. The van der Waals surface area contributed by atoms with E-state index in [0.717, 1.165) is 36.8 Å². The van der Waals surface area contributed by atoms with E-state index in [2.05, 4.69) is 20.7 Å². The molecule has 3 heterocycles. The number of Topliss-reactive ketones (excluding diaryl/α,β-unsaturated/α-hetero) is 1. The van der Waals surface area contributed by atoms with Crippen LogP contribution in [0.5, 0.6) is 0 Å². The Morgan fingerprint density at radius 3 is 2.57 bits per heavy atom. The number of anilines is 1. The number of fused-ring (bicyclic) bond motifs is 1. The Bertz CT molecular complexity index is 1400. The van der Waals surface area contributed by atoms with E-state index in [-0.39, 0.29) is 37.0 Å². The summed E-state index contributed by atoms with van der Waals surface area (Å²) in [5, 5.41) is 9.04. The van der Waals surface area contributed by atoms with Crippen molar-refractivity contribution in [3.05, 3.63) is 29.3 Å². The van der Waals surface area contributed by atoms with Gasteiger partial charge in [-0.05, 0) is 56.2 Å². The lowest BCUT2D eigenvalue weighted by molar-refractivity contribution is -0.132. The molecule has 3 fully saturated rings. The monoisotopic (exact) mass is 661 g/mol. The summed E-state index contributed by atoms with van der Waals surface area (Å²) in [6.07, 6.45) is 5.99. The first-order chi connectivity index (χ1) is 21.9. The molecular formula is C32H47N5O8S. The fourth-order valence-corrected chi connectivity index (χ4v) is 7.63. The number of nitrogens with one attached hydrogen (secondary N) is 4. The second-order valence-electron chi connectivity index (χ2n) is 13.6. The lowest BCUT2D eigenvalue weighted by Gasteiger charge is -2.31. The maximum absolute atomic E-state index is 14.0. The molecule has 4 atom stereocenters. The maximum atomic E-state index is 14.0. The van der Waals surface area contributed by atoms with Crippen LogP contribution in [0.4, 0.5) is 5.69 Å². The van der Waals surface area contributed by atoms with Crippen molar-refractivity contribution in [2.75, 3.05) is 56.5 Å². The number of carbonyl (C=O) groups excluding carboxylic acids is 4. The number of amides is 2. The number of morpholine rings is 1. The Morgan fingerprint density at radius 2 is 1.89 bits per heavy atom. The maximum Gasteiger partial charge on any atom is 0.238 e. The molecule has 4 aliphatic rings. The Morgan fingerprint density at radius 1 is 1.17 bits per heavy atom. The number of hydrogen-bond donors (Lipinski definition) is 4. The molecular weight excluding hydrogens is 614 g/mol. The molecule has 46 heavy (non-hydrogen) atoms. The minimum atomic E-state index is -3.38. The average Bonchev–Trinajstić information content (AvgIpc) is 3.56. The van der Waals surface area contributed by atoms with Crippen molar-refractivity contribution >= 4 is 39.6 Å². The standard InChI is InChI=1S/C32H47N5O8S/c1-31(20-38,35-28(39)18-37-10-12-44-13-11-37)19-33-27(17-23-7-8-25-24(15-23)9-14-46(42,43)36-25)30(41)34-26(16-22-5-3-4-6-22)29(40)32(2)21-45-32/h7-8,15,20,22,26-27,33,36H,3-6,9-14,16-19,21H2,1-2H3,(H,34,41)(H,35,39). The van der Waals surface area contributed by atoms with Crippen LogP contribution in [0.1, 0.15) is 57.1 Å². The zero-order valence-electron chi connectivity index (χ0n) is 26.8. The molecule has 1 aliphatic carbocycles. The number of nitrogens with zero attached hydrogens (tertiary/aromatic N) is 1. The molecule has 0 radical (unpaired) electrons. The lowest BCUT2D eigenvalue weighted by atomic mass is 9.90. The highest BCUT2D eigenvalue weighted by atomic mass is 32.2. The largest absolute Gasteiger partial charge is 0.379 e. The van der Waals surface area contributed by atoms with Gasteiger partial charge in [0, 0.05) is 19.6 Å². The minimum Gasteiger partial charge on any atom is -0.379 e. The zero-order valence-corrected chi connectivity index (χ0v) is 27.6. The number of ether oxygens (including phenoxy) is 2. The average molecular weight is 662 g/mol. The number of epoxide rings is 1. The summed E-state index contributed by atoms with van der Waals surface area (Å²) in [4.78, 5) is 54.6. The Labute approximate surface area is 270 Å². The second kappa shape index (κ2) is 14.5. The molecule has 13 nitrogen and oxygen atoms in total. The van der Waals surface area contributed by atoms with Crippen LogP contribution in [0.2, 0.25) is 0 Å². The first-order valence-corrected chi connectivity index (χ1v) is 17.9. The van der Waals surface area contributed by atoms with Gasteiger partial charge in [-0.2, -0.15) is 0 Å². The summed E-state index contributed by atoms with van der Waals surface area (Å²) >= 11 is 0. The van der Waals surface area contributed by atoms with Crippen molar-refractivity contribution in [1.29, 1.82) is 0 Å². The molecule has 3 aliphatic heterocycles. The van der Waals surface area contributed by atoms with Gasteiger partial charge in [-0.25, -0.2) is 8.42 Å². The fourth-order valence-electron chi connectivity index (χ4n) is 6.51. The lowest BCUT2D eigenvalue weighted by Crippen LogP contribution is -2.60. The summed E-state index contributed by atoms with van der Waals surface area (Å²) in [6.45, 7) is 6.10. The molecule has 0 spiro atoms. The molecule has 5 rings (SSSR count). The third-order valence-electron chi connectivity index (χ3n) is 9.48. The van der Waals surface area contributed by atoms with Crippen LogP contribution >= 0.6 is 0 Å². The number of aldehydes is 1. The molecule has 2 saturated heterocycles. The highest BCUT2D eigenvalue weighted by Crippen LogP contribution is 2.33. The highest BCUT2D eigenvalue weighted by Gasteiger charge is 2.50. The first kappa shape index (κ1) is 34.4. The van der Waals surface area contributed by atoms with Gasteiger partial charge in [0.25, 0.3) is 0 Å². The van der Waals surface area contributed by atoms with E-state index in [0.29, 0.717) is 63.6 Å². The Hall–Kier alpha value is -2.91. The van der Waals surface area contributed by atoms with Gasteiger partial charge < -0.3 is 30.2 Å². The molecule has 0 aromatic heterocycles. The number of rotatable bonds is 15. The van der Waals surface area contributed by atoms with Crippen LogP contribution < -0.4 is 20.7 Å². The van der Waals surface area contributed by atoms with Gasteiger partial charge in [-0.1, -0.05) is 37.8 Å². The molecule has 254 valence electrons. The van der Waals surface area contributed by atoms with Crippen LogP contribution in [0.25, 0.3) is 0 Å². The number of benzene rings is 1. The van der Waals surface area contributed by atoms with Gasteiger partial charge in [-0.15, -0.1) is 0 Å². The normalized spacial score (nSPS) is 25.3. The molecule has 1 saturated carbocycles. The van der Waals surface area contributed by atoms with E-state index in [9.17, 15) is 27.6 Å². The number of hydrogen-bond acceptors (Lipinski definition) is 10. The summed E-state index contributed by atoms with van der Waals surface area (Å²) in [5.74, 6) is -0.532. The molecule has 4 unspecified atom stereocenters. The van der Waals surface area contributed by atoms with Crippen molar-refractivity contribution in [3.63, 3.8) is 0 Å². The van der Waals surface area contributed by atoms with E-state index in [4.69, 9.17) is 9.47 Å². The van der Waals surface area contributed by atoms with Gasteiger partial charge >= 0.3 is 0 Å². The van der Waals surface area contributed by atoms with Crippen LogP contribution in [0.15, 0.2) is 18.2 Å². The Balaban J connectivity index is 1.31. The number of ketones is 1. The van der Waals surface area contributed by atoms with Crippen LogP contribution in [0.3, 0.4) is 0 Å². The zero-order chi connectivity index (χ0) is 33.0.